The molecule has 0 bridgehead atoms. The van der Waals surface area contributed by atoms with Crippen molar-refractivity contribution < 1.29 is 14.7 Å². The Morgan fingerprint density at radius 2 is 2.00 bits per heavy atom. The second kappa shape index (κ2) is 7.93. The number of amides is 2. The first-order valence-corrected chi connectivity index (χ1v) is 6.35. The van der Waals surface area contributed by atoms with E-state index >= 15 is 0 Å². The van der Waals surface area contributed by atoms with Crippen molar-refractivity contribution in [3.05, 3.63) is 29.8 Å². The van der Waals surface area contributed by atoms with Crippen molar-refractivity contribution in [2.24, 2.45) is 11.0 Å². The molecule has 1 aromatic rings. The number of phenolic OH excluding ortho intramolecular Hbond substituents is 1. The van der Waals surface area contributed by atoms with Crippen molar-refractivity contribution in [3.8, 4) is 5.75 Å². The molecule has 0 atom stereocenters. The lowest BCUT2D eigenvalue weighted by molar-refractivity contribution is -0.129. The number of carbonyl (C=O) groups is 2. The van der Waals surface area contributed by atoms with Gasteiger partial charge in [-0.25, -0.2) is 5.43 Å². The van der Waals surface area contributed by atoms with E-state index in [2.05, 4.69) is 15.8 Å². The predicted molar refractivity (Wildman–Crippen MR) is 76.3 cm³/mol. The average molecular weight is 277 g/mol. The number of nitrogens with one attached hydrogen (secondary N) is 2. The molecule has 0 aliphatic heterocycles. The van der Waals surface area contributed by atoms with Crippen LogP contribution in [0.3, 0.4) is 0 Å². The minimum Gasteiger partial charge on any atom is -0.507 e. The van der Waals surface area contributed by atoms with Crippen LogP contribution in [0.2, 0.25) is 0 Å². The summed E-state index contributed by atoms with van der Waals surface area (Å²) in [7, 11) is 0. The van der Waals surface area contributed by atoms with Gasteiger partial charge in [0.05, 0.1) is 6.21 Å². The monoisotopic (exact) mass is 277 g/mol. The van der Waals surface area contributed by atoms with Gasteiger partial charge in [-0.1, -0.05) is 26.0 Å². The summed E-state index contributed by atoms with van der Waals surface area (Å²) in [6.45, 7) is 4.47. The van der Waals surface area contributed by atoms with Gasteiger partial charge in [0.2, 0.25) is 11.8 Å². The Morgan fingerprint density at radius 3 is 2.65 bits per heavy atom. The number of phenols is 1. The second-order valence-corrected chi connectivity index (χ2v) is 4.73. The first-order valence-electron chi connectivity index (χ1n) is 6.35. The van der Waals surface area contributed by atoms with Crippen LogP contribution in [-0.2, 0) is 9.59 Å². The molecule has 1 aromatic carbocycles. The Balaban J connectivity index is 2.36. The van der Waals surface area contributed by atoms with Gasteiger partial charge < -0.3 is 10.4 Å². The quantitative estimate of drug-likeness (QED) is 0.411. The number of carbonyl (C=O) groups excluding carboxylic acids is 2. The molecule has 0 saturated heterocycles. The molecule has 3 N–H and O–H groups in total. The van der Waals surface area contributed by atoms with E-state index in [-0.39, 0.29) is 18.1 Å². The molecular weight excluding hydrogens is 258 g/mol. The lowest BCUT2D eigenvalue weighted by Gasteiger charge is -2.06. The average Bonchev–Trinajstić information content (AvgIpc) is 2.38. The summed E-state index contributed by atoms with van der Waals surface area (Å²) in [6.07, 6.45) is 1.05. The number of nitrogens with zero attached hydrogens (tertiary/aromatic N) is 1. The van der Waals surface area contributed by atoms with Gasteiger partial charge in [-0.3, -0.25) is 9.59 Å². The largest absolute Gasteiger partial charge is 0.507 e. The smallest absolute Gasteiger partial charge is 0.249 e. The van der Waals surface area contributed by atoms with Gasteiger partial charge in [0.1, 0.15) is 12.2 Å². The Hall–Kier alpha value is -2.37. The molecule has 0 aliphatic carbocycles. The molecule has 0 heterocycles. The van der Waals surface area contributed by atoms with Gasteiger partial charge in [0, 0.05) is 12.1 Å². The van der Waals surface area contributed by atoms with Gasteiger partial charge in [0.25, 0.3) is 0 Å². The molecule has 0 fully saturated rings. The molecule has 0 saturated carbocycles. The lowest BCUT2D eigenvalue weighted by Crippen LogP contribution is -2.32. The standard InChI is InChI=1S/C14H19N3O3/c1-10(2)8-15-13(19)7-14(20)17-16-9-11-5-3-4-6-12(11)18/h3-6,9-10,18H,7-8H2,1-2H3,(H,15,19)(H,17,20)/b16-9-. The van der Waals surface area contributed by atoms with Crippen molar-refractivity contribution in [2.45, 2.75) is 20.3 Å². The summed E-state index contributed by atoms with van der Waals surface area (Å²) >= 11 is 0. The van der Waals surface area contributed by atoms with E-state index in [1.807, 2.05) is 13.8 Å². The first kappa shape index (κ1) is 15.7. The van der Waals surface area contributed by atoms with E-state index in [4.69, 9.17) is 0 Å². The van der Waals surface area contributed by atoms with Gasteiger partial charge in [-0.2, -0.15) is 5.10 Å². The topological polar surface area (TPSA) is 90.8 Å². The van der Waals surface area contributed by atoms with Crippen LogP contribution < -0.4 is 10.7 Å². The number of hydrogen-bond donors (Lipinski definition) is 3. The summed E-state index contributed by atoms with van der Waals surface area (Å²) in [5.74, 6) is -0.437. The summed E-state index contributed by atoms with van der Waals surface area (Å²) in [5.41, 5.74) is 2.72. The molecule has 0 aliphatic rings. The zero-order chi connectivity index (χ0) is 15.0. The van der Waals surface area contributed by atoms with Crippen molar-refractivity contribution in [3.63, 3.8) is 0 Å². The van der Waals surface area contributed by atoms with Crippen LogP contribution >= 0.6 is 0 Å². The van der Waals surface area contributed by atoms with Gasteiger partial charge in [0.15, 0.2) is 0 Å². The molecule has 108 valence electrons. The number of hydrogen-bond acceptors (Lipinski definition) is 4. The molecule has 6 heteroatoms. The molecule has 1 rings (SSSR count). The highest BCUT2D eigenvalue weighted by atomic mass is 16.3. The molecular formula is C14H19N3O3. The SMILES string of the molecule is CC(C)CNC(=O)CC(=O)N/N=C\c1ccccc1O. The summed E-state index contributed by atoms with van der Waals surface area (Å²) in [5, 5.41) is 15.8. The van der Waals surface area contributed by atoms with Crippen LogP contribution in [0.25, 0.3) is 0 Å². The highest BCUT2D eigenvalue weighted by Crippen LogP contribution is 2.12. The summed E-state index contributed by atoms with van der Waals surface area (Å²) < 4.78 is 0. The zero-order valence-electron chi connectivity index (χ0n) is 11.6. The fourth-order valence-electron chi connectivity index (χ4n) is 1.34. The zero-order valence-corrected chi connectivity index (χ0v) is 11.6. The number of aromatic hydroxyl groups is 1. The summed E-state index contributed by atoms with van der Waals surface area (Å²) in [6, 6.07) is 6.59. The van der Waals surface area contributed by atoms with Crippen LogP contribution in [0.15, 0.2) is 29.4 Å². The van der Waals surface area contributed by atoms with Crippen molar-refractivity contribution in [1.82, 2.24) is 10.7 Å². The molecule has 0 aromatic heterocycles. The molecule has 2 amide bonds. The number of hydrazone groups is 1. The fraction of sp³-hybridized carbons (Fsp3) is 0.357. The highest BCUT2D eigenvalue weighted by molar-refractivity contribution is 5.97. The van der Waals surface area contributed by atoms with Crippen molar-refractivity contribution in [1.29, 1.82) is 0 Å². The number of rotatable bonds is 6. The summed E-state index contributed by atoms with van der Waals surface area (Å²) in [4.78, 5) is 22.8. The maximum atomic E-state index is 11.4. The third kappa shape index (κ3) is 5.99. The maximum absolute atomic E-state index is 11.4. The molecule has 0 spiro atoms. The third-order valence-corrected chi connectivity index (χ3v) is 2.36. The van der Waals surface area contributed by atoms with Crippen LogP contribution in [0.4, 0.5) is 0 Å². The minimum absolute atomic E-state index is 0.0696. The predicted octanol–water partition coefficient (Wildman–Crippen LogP) is 1.00. The lowest BCUT2D eigenvalue weighted by atomic mass is 10.2. The van der Waals surface area contributed by atoms with Crippen LogP contribution in [-0.4, -0.2) is 29.7 Å². The van der Waals surface area contributed by atoms with E-state index in [1.165, 1.54) is 12.3 Å². The Kier molecular flexibility index (Phi) is 6.22. The van der Waals surface area contributed by atoms with Gasteiger partial charge in [-0.05, 0) is 18.1 Å². The number of para-hydroxylation sites is 1. The molecule has 0 radical (unpaired) electrons. The molecule has 6 nitrogen and oxygen atoms in total. The number of benzene rings is 1. The van der Waals surface area contributed by atoms with E-state index < -0.39 is 5.91 Å². The Morgan fingerprint density at radius 1 is 1.30 bits per heavy atom. The Bertz CT molecular complexity index is 498. The fourth-order valence-corrected chi connectivity index (χ4v) is 1.34. The van der Waals surface area contributed by atoms with Crippen LogP contribution in [0.1, 0.15) is 25.8 Å². The molecule has 0 unspecified atom stereocenters. The third-order valence-electron chi connectivity index (χ3n) is 2.36. The van der Waals surface area contributed by atoms with Gasteiger partial charge in [-0.15, -0.1) is 0 Å². The molecule has 20 heavy (non-hydrogen) atoms. The minimum atomic E-state index is -0.502. The van der Waals surface area contributed by atoms with E-state index in [1.54, 1.807) is 18.2 Å². The van der Waals surface area contributed by atoms with Crippen LogP contribution in [0.5, 0.6) is 5.75 Å². The van der Waals surface area contributed by atoms with Crippen molar-refractivity contribution in [2.75, 3.05) is 6.54 Å². The normalized spacial score (nSPS) is 10.8. The highest BCUT2D eigenvalue weighted by Gasteiger charge is 2.08. The Labute approximate surface area is 117 Å². The maximum Gasteiger partial charge on any atom is 0.249 e. The van der Waals surface area contributed by atoms with E-state index in [0.29, 0.717) is 18.0 Å². The second-order valence-electron chi connectivity index (χ2n) is 4.73. The van der Waals surface area contributed by atoms with E-state index in [9.17, 15) is 14.7 Å². The first-order chi connectivity index (χ1) is 9.49. The van der Waals surface area contributed by atoms with E-state index in [0.717, 1.165) is 0 Å². The van der Waals surface area contributed by atoms with Crippen LogP contribution in [0, 0.1) is 5.92 Å². The van der Waals surface area contributed by atoms with Crippen molar-refractivity contribution >= 4 is 18.0 Å². The van der Waals surface area contributed by atoms with Gasteiger partial charge >= 0.3 is 0 Å².